The lowest BCUT2D eigenvalue weighted by molar-refractivity contribution is -0.139. The minimum absolute atomic E-state index is 0.169. The largest absolute Gasteiger partial charge is 0.471 e. The quantitative estimate of drug-likeness (QED) is 0.0570. The maximum absolute atomic E-state index is 11.9. The highest BCUT2D eigenvalue weighted by Crippen LogP contribution is 2.32. The van der Waals surface area contributed by atoms with Crippen molar-refractivity contribution in [3.05, 3.63) is 54.8 Å². The third kappa shape index (κ3) is 11.2. The van der Waals surface area contributed by atoms with E-state index in [1.807, 2.05) is 32.0 Å². The molecule has 0 heterocycles. The second-order valence-corrected chi connectivity index (χ2v) is 9.91. The van der Waals surface area contributed by atoms with Crippen LogP contribution in [0.15, 0.2) is 59.7 Å². The normalized spacial score (nSPS) is 13.1. The van der Waals surface area contributed by atoms with Gasteiger partial charge in [-0.25, -0.2) is 4.79 Å². The van der Waals surface area contributed by atoms with Gasteiger partial charge in [-0.15, -0.1) is 11.8 Å². The molecule has 0 fully saturated rings. The summed E-state index contributed by atoms with van der Waals surface area (Å²) in [4.78, 5) is 13.1. The van der Waals surface area contributed by atoms with E-state index in [0.29, 0.717) is 24.7 Å². The highest BCUT2D eigenvalue weighted by Gasteiger charge is 2.20. The molecule has 0 N–H and O–H groups in total. The van der Waals surface area contributed by atoms with Crippen molar-refractivity contribution in [2.45, 2.75) is 62.4 Å². The van der Waals surface area contributed by atoms with Crippen LogP contribution < -0.4 is 0 Å². The van der Waals surface area contributed by atoms with Crippen LogP contribution in [-0.4, -0.2) is 36.5 Å². The lowest BCUT2D eigenvalue weighted by Gasteiger charge is -2.23. The third-order valence-corrected chi connectivity index (χ3v) is 7.19. The summed E-state index contributed by atoms with van der Waals surface area (Å²) in [6.07, 6.45) is 2.58. The molecule has 0 aliphatic rings. The van der Waals surface area contributed by atoms with Crippen LogP contribution in [0.4, 0.5) is 0 Å². The maximum Gasteiger partial charge on any atom is 0.334 e. The molecule has 4 nitrogen and oxygen atoms in total. The Morgan fingerprint density at radius 3 is 2.23 bits per heavy atom. The van der Waals surface area contributed by atoms with Crippen molar-refractivity contribution in [3.8, 4) is 0 Å². The number of benzene rings is 1. The molecule has 0 aliphatic carbocycles. The number of hydrogen-bond donors (Lipinski definition) is 1. The molecule has 0 bridgehead atoms. The average molecular weight is 467 g/mol. The number of esters is 1. The summed E-state index contributed by atoms with van der Waals surface area (Å²) in [5.74, 6) is 1.02. The summed E-state index contributed by atoms with van der Waals surface area (Å²) in [7, 11) is 0. The van der Waals surface area contributed by atoms with Crippen molar-refractivity contribution < 1.29 is 19.0 Å². The molecule has 0 saturated heterocycles. The van der Waals surface area contributed by atoms with Gasteiger partial charge in [0.25, 0.3) is 0 Å². The summed E-state index contributed by atoms with van der Waals surface area (Å²) >= 11 is 6.15. The van der Waals surface area contributed by atoms with Gasteiger partial charge in [0.05, 0.1) is 18.5 Å². The number of thiol groups is 1. The monoisotopic (exact) mass is 466 g/mol. The van der Waals surface area contributed by atoms with E-state index >= 15 is 0 Å². The Hall–Kier alpha value is -1.37. The Kier molecular flexibility index (Phi) is 13.8. The molecule has 0 aliphatic heterocycles. The van der Waals surface area contributed by atoms with Crippen LogP contribution in [0.1, 0.15) is 47.0 Å². The minimum atomic E-state index is -0.357. The van der Waals surface area contributed by atoms with E-state index in [1.165, 1.54) is 4.90 Å². The Morgan fingerprint density at radius 1 is 0.968 bits per heavy atom. The summed E-state index contributed by atoms with van der Waals surface area (Å²) in [5, 5.41) is 0.0000203. The number of hydrogen-bond acceptors (Lipinski definition) is 6. The smallest absolute Gasteiger partial charge is 0.334 e. The summed E-state index contributed by atoms with van der Waals surface area (Å²) in [6, 6.07) is 10.3. The second-order valence-electron chi connectivity index (χ2n) is 8.14. The van der Waals surface area contributed by atoms with Crippen molar-refractivity contribution >= 4 is 30.4 Å². The fraction of sp³-hybridized carbons (Fsp3) is 0.560. The number of rotatable bonds is 16. The van der Waals surface area contributed by atoms with Gasteiger partial charge >= 0.3 is 5.97 Å². The van der Waals surface area contributed by atoms with E-state index < -0.39 is 0 Å². The Balaban J connectivity index is 2.14. The Bertz CT molecular complexity index is 673. The van der Waals surface area contributed by atoms with Crippen LogP contribution in [0.2, 0.25) is 0 Å². The molecule has 2 unspecified atom stereocenters. The fourth-order valence-electron chi connectivity index (χ4n) is 2.74. The van der Waals surface area contributed by atoms with Crippen molar-refractivity contribution in [3.63, 3.8) is 0 Å². The molecule has 0 saturated carbocycles. The summed E-state index contributed by atoms with van der Waals surface area (Å²) in [6.45, 7) is 17.4. The Labute approximate surface area is 198 Å². The van der Waals surface area contributed by atoms with Gasteiger partial charge in [0.1, 0.15) is 5.76 Å². The highest BCUT2D eigenvalue weighted by atomic mass is 32.2. The zero-order valence-corrected chi connectivity index (χ0v) is 21.1. The van der Waals surface area contributed by atoms with E-state index in [2.05, 4.69) is 51.8 Å². The van der Waals surface area contributed by atoms with E-state index in [-0.39, 0.29) is 29.2 Å². The van der Waals surface area contributed by atoms with Crippen LogP contribution >= 0.6 is 24.4 Å². The molecule has 0 radical (unpaired) electrons. The van der Waals surface area contributed by atoms with Crippen LogP contribution in [0, 0.1) is 11.8 Å². The fourth-order valence-corrected chi connectivity index (χ4v) is 3.93. The van der Waals surface area contributed by atoms with E-state index in [9.17, 15) is 4.79 Å². The molecule has 1 aromatic carbocycles. The van der Waals surface area contributed by atoms with Gasteiger partial charge in [0.15, 0.2) is 6.79 Å². The first-order valence-corrected chi connectivity index (χ1v) is 12.3. The molecular weight excluding hydrogens is 428 g/mol. The van der Waals surface area contributed by atoms with Crippen molar-refractivity contribution in [2.75, 3.05) is 20.0 Å². The predicted octanol–water partition coefficient (Wildman–Crippen LogP) is 6.53. The molecule has 31 heavy (non-hydrogen) atoms. The van der Waals surface area contributed by atoms with E-state index in [4.69, 9.17) is 14.2 Å². The lowest BCUT2D eigenvalue weighted by atomic mass is 10.0. The predicted molar refractivity (Wildman–Crippen MR) is 134 cm³/mol. The van der Waals surface area contributed by atoms with Gasteiger partial charge in [-0.05, 0) is 43.2 Å². The molecular formula is C25H38O4S2. The van der Waals surface area contributed by atoms with Crippen LogP contribution in [-0.2, 0) is 19.0 Å². The average Bonchev–Trinajstić information content (AvgIpc) is 2.75. The van der Waals surface area contributed by atoms with Crippen LogP contribution in [0.5, 0.6) is 0 Å². The van der Waals surface area contributed by atoms with Gasteiger partial charge in [-0.2, -0.15) is 12.6 Å². The Morgan fingerprint density at radius 2 is 1.61 bits per heavy atom. The van der Waals surface area contributed by atoms with E-state index in [0.717, 1.165) is 25.0 Å². The zero-order chi connectivity index (χ0) is 23.2. The first-order valence-electron chi connectivity index (χ1n) is 10.9. The van der Waals surface area contributed by atoms with E-state index in [1.54, 1.807) is 11.8 Å². The van der Waals surface area contributed by atoms with Crippen LogP contribution in [0.3, 0.4) is 0 Å². The van der Waals surface area contributed by atoms with Gasteiger partial charge in [-0.1, -0.05) is 59.1 Å². The minimum Gasteiger partial charge on any atom is -0.471 e. The molecule has 6 heteroatoms. The number of unbranched alkanes of at least 4 members (excludes halogenated alkanes) is 2. The first kappa shape index (κ1) is 27.7. The number of carbonyl (C=O) groups excluding carboxylic acids is 1. The summed E-state index contributed by atoms with van der Waals surface area (Å²) in [5.41, 5.74) is 0.421. The van der Waals surface area contributed by atoms with Gasteiger partial charge in [0, 0.05) is 15.7 Å². The molecule has 1 aromatic rings. The van der Waals surface area contributed by atoms with Crippen molar-refractivity contribution in [1.29, 1.82) is 0 Å². The van der Waals surface area contributed by atoms with Crippen LogP contribution in [0.25, 0.3) is 0 Å². The number of carbonyl (C=O) groups is 1. The molecule has 0 aromatic heterocycles. The third-order valence-electron chi connectivity index (χ3n) is 4.67. The van der Waals surface area contributed by atoms with Gasteiger partial charge < -0.3 is 14.2 Å². The highest BCUT2D eigenvalue weighted by molar-refractivity contribution is 8.00. The van der Waals surface area contributed by atoms with Crippen molar-refractivity contribution in [1.82, 2.24) is 0 Å². The maximum atomic E-state index is 11.9. The number of thioether (sulfide) groups is 1. The zero-order valence-electron chi connectivity index (χ0n) is 19.3. The first-order chi connectivity index (χ1) is 14.7. The number of ether oxygens (including phenoxy) is 3. The molecule has 2 atom stereocenters. The topological polar surface area (TPSA) is 44.8 Å². The standard InChI is InChI=1S/C25H38O4S2/c1-18(2)23(30)20(5)25(26)28-16-12-8-11-15-27-17-29-21(6)24(19(3)4)31-22-13-9-7-10-14-22/h7,9-10,13-14,18-19,23-24,30H,5-6,8,11-12,15-17H2,1-4H3. The van der Waals surface area contributed by atoms with Gasteiger partial charge in [-0.3, -0.25) is 0 Å². The molecule has 1 rings (SSSR count). The lowest BCUT2D eigenvalue weighted by Crippen LogP contribution is -2.20. The molecule has 0 amide bonds. The molecule has 0 spiro atoms. The van der Waals surface area contributed by atoms with Gasteiger partial charge in [0.2, 0.25) is 0 Å². The SMILES string of the molecule is C=C(C(=O)OCCCCCOCOC(=C)C(Sc1ccccc1)C(C)C)C(S)C(C)C. The second kappa shape index (κ2) is 15.4. The summed E-state index contributed by atoms with van der Waals surface area (Å²) < 4.78 is 16.6. The molecule has 174 valence electrons. The van der Waals surface area contributed by atoms with Crippen molar-refractivity contribution in [2.24, 2.45) is 11.8 Å².